The van der Waals surface area contributed by atoms with Gasteiger partial charge in [0.25, 0.3) is 0 Å². The molecule has 0 saturated carbocycles. The summed E-state index contributed by atoms with van der Waals surface area (Å²) < 4.78 is 5.13. The lowest BCUT2D eigenvalue weighted by atomic mass is 9.98. The standard InChI is InChI=1S/C14H14O3.H3N/c1-9(14(15)16)10-3-4-12-8-13(17-2)6-5-11(12)7-10;/h3-9H,1-2H3,(H,15,16);1H3. The molecule has 4 nitrogen and oxygen atoms in total. The summed E-state index contributed by atoms with van der Waals surface area (Å²) in [6, 6.07) is 11.3. The van der Waals surface area contributed by atoms with E-state index in [9.17, 15) is 9.90 Å². The predicted octanol–water partition coefficient (Wildman–Crippen LogP) is 2.08. The van der Waals surface area contributed by atoms with Gasteiger partial charge in [0.2, 0.25) is 0 Å². The molecule has 0 fully saturated rings. The van der Waals surface area contributed by atoms with Gasteiger partial charge < -0.3 is 20.8 Å². The van der Waals surface area contributed by atoms with Crippen molar-refractivity contribution in [2.45, 2.75) is 12.8 Å². The first-order chi connectivity index (χ1) is 8.11. The van der Waals surface area contributed by atoms with Crippen molar-refractivity contribution < 1.29 is 14.6 Å². The number of rotatable bonds is 3. The van der Waals surface area contributed by atoms with Crippen molar-refractivity contribution in [1.82, 2.24) is 6.15 Å². The van der Waals surface area contributed by atoms with Crippen LogP contribution in [0.5, 0.6) is 5.75 Å². The van der Waals surface area contributed by atoms with Crippen LogP contribution in [0.1, 0.15) is 18.4 Å². The minimum absolute atomic E-state index is 0. The van der Waals surface area contributed by atoms with Crippen molar-refractivity contribution >= 4 is 16.7 Å². The molecule has 18 heavy (non-hydrogen) atoms. The summed E-state index contributed by atoms with van der Waals surface area (Å²) in [6.07, 6.45) is 0. The third-order valence-corrected chi connectivity index (χ3v) is 2.93. The van der Waals surface area contributed by atoms with Crippen LogP contribution < -0.4 is 16.0 Å². The van der Waals surface area contributed by atoms with Crippen LogP contribution in [0, 0.1) is 0 Å². The highest BCUT2D eigenvalue weighted by Gasteiger charge is 2.07. The normalized spacial score (nSPS) is 11.7. The minimum Gasteiger partial charge on any atom is -0.550 e. The number of ether oxygens (including phenoxy) is 1. The van der Waals surface area contributed by atoms with E-state index in [-0.39, 0.29) is 6.15 Å². The molecule has 0 aliphatic heterocycles. The van der Waals surface area contributed by atoms with E-state index in [0.717, 1.165) is 22.1 Å². The summed E-state index contributed by atoms with van der Waals surface area (Å²) in [5.41, 5.74) is 0.752. The highest BCUT2D eigenvalue weighted by Crippen LogP contribution is 2.24. The topological polar surface area (TPSA) is 85.9 Å². The molecule has 0 aliphatic carbocycles. The van der Waals surface area contributed by atoms with Gasteiger partial charge in [-0.3, -0.25) is 0 Å². The second-order valence-corrected chi connectivity index (χ2v) is 4.01. The average Bonchev–Trinajstić information content (AvgIpc) is 2.36. The maximum absolute atomic E-state index is 10.8. The molecular weight excluding hydrogens is 230 g/mol. The Morgan fingerprint density at radius 2 is 1.78 bits per heavy atom. The fourth-order valence-electron chi connectivity index (χ4n) is 1.77. The van der Waals surface area contributed by atoms with Crippen LogP contribution >= 0.6 is 0 Å². The molecule has 0 aliphatic rings. The van der Waals surface area contributed by atoms with Gasteiger partial charge in [0.1, 0.15) is 5.75 Å². The molecule has 0 amide bonds. The molecular formula is C14H17NO3. The molecule has 0 radical (unpaired) electrons. The van der Waals surface area contributed by atoms with Crippen LogP contribution in [0.25, 0.3) is 10.8 Å². The smallest absolute Gasteiger partial charge is 0.119 e. The molecule has 2 aromatic rings. The van der Waals surface area contributed by atoms with E-state index in [1.807, 2.05) is 36.4 Å². The van der Waals surface area contributed by atoms with Crippen LogP contribution in [0.3, 0.4) is 0 Å². The lowest BCUT2D eigenvalue weighted by Gasteiger charge is -2.13. The fraction of sp³-hybridized carbons (Fsp3) is 0.214. The third kappa shape index (κ3) is 2.60. The van der Waals surface area contributed by atoms with Gasteiger partial charge in [0.05, 0.1) is 7.11 Å². The molecule has 0 aromatic heterocycles. The Bertz CT molecular complexity index is 566. The SMILES string of the molecule is COc1ccc2cc(C(C)C(=O)[O-])ccc2c1.[NH4+]. The Kier molecular flexibility index (Phi) is 4.28. The number of carboxylic acid groups (broad SMARTS) is 1. The number of hydrogen-bond acceptors (Lipinski definition) is 3. The zero-order chi connectivity index (χ0) is 12.4. The largest absolute Gasteiger partial charge is 0.550 e. The van der Waals surface area contributed by atoms with Gasteiger partial charge in [-0.25, -0.2) is 0 Å². The Hall–Kier alpha value is -2.07. The molecule has 4 heteroatoms. The zero-order valence-electron chi connectivity index (χ0n) is 10.8. The van der Waals surface area contributed by atoms with E-state index in [0.29, 0.717) is 0 Å². The summed E-state index contributed by atoms with van der Waals surface area (Å²) in [5, 5.41) is 12.8. The number of quaternary nitrogens is 1. The molecule has 0 spiro atoms. The van der Waals surface area contributed by atoms with Crippen molar-refractivity contribution in [2.24, 2.45) is 0 Å². The minimum atomic E-state index is -1.06. The quantitative estimate of drug-likeness (QED) is 0.900. The van der Waals surface area contributed by atoms with E-state index < -0.39 is 11.9 Å². The van der Waals surface area contributed by atoms with Gasteiger partial charge in [-0.05, 0) is 28.5 Å². The van der Waals surface area contributed by atoms with E-state index in [2.05, 4.69) is 0 Å². The van der Waals surface area contributed by atoms with Gasteiger partial charge in [-0.15, -0.1) is 0 Å². The number of carbonyl (C=O) groups is 1. The zero-order valence-corrected chi connectivity index (χ0v) is 10.8. The highest BCUT2D eigenvalue weighted by atomic mass is 16.5. The summed E-state index contributed by atoms with van der Waals surface area (Å²) in [7, 11) is 1.62. The molecule has 0 saturated heterocycles. The summed E-state index contributed by atoms with van der Waals surface area (Å²) >= 11 is 0. The number of aliphatic carboxylic acids is 1. The van der Waals surface area contributed by atoms with Crippen LogP contribution in [0.15, 0.2) is 36.4 Å². The maximum Gasteiger partial charge on any atom is 0.119 e. The Balaban J connectivity index is 0.00000162. The monoisotopic (exact) mass is 247 g/mol. The maximum atomic E-state index is 10.8. The number of carbonyl (C=O) groups excluding carboxylic acids is 1. The molecule has 2 aromatic carbocycles. The number of methoxy groups -OCH3 is 1. The van der Waals surface area contributed by atoms with Crippen molar-refractivity contribution in [2.75, 3.05) is 7.11 Å². The van der Waals surface area contributed by atoms with Crippen molar-refractivity contribution in [3.8, 4) is 5.75 Å². The lowest BCUT2D eigenvalue weighted by Crippen LogP contribution is -2.27. The molecule has 4 N–H and O–H groups in total. The van der Waals surface area contributed by atoms with Crippen molar-refractivity contribution in [1.29, 1.82) is 0 Å². The Labute approximate surface area is 106 Å². The number of benzene rings is 2. The lowest BCUT2D eigenvalue weighted by molar-refractivity contribution is -0.307. The van der Waals surface area contributed by atoms with Gasteiger partial charge in [0.15, 0.2) is 0 Å². The third-order valence-electron chi connectivity index (χ3n) is 2.93. The second-order valence-electron chi connectivity index (χ2n) is 4.01. The van der Waals surface area contributed by atoms with Crippen molar-refractivity contribution in [3.63, 3.8) is 0 Å². The average molecular weight is 247 g/mol. The Morgan fingerprint density at radius 3 is 2.39 bits per heavy atom. The number of hydrogen-bond donors (Lipinski definition) is 1. The first kappa shape index (κ1) is 14.0. The summed E-state index contributed by atoms with van der Waals surface area (Å²) in [5.74, 6) is -0.863. The molecule has 96 valence electrons. The summed E-state index contributed by atoms with van der Waals surface area (Å²) in [4.78, 5) is 10.8. The van der Waals surface area contributed by atoms with Gasteiger partial charge >= 0.3 is 0 Å². The first-order valence-electron chi connectivity index (χ1n) is 5.40. The van der Waals surface area contributed by atoms with E-state index in [4.69, 9.17) is 4.74 Å². The molecule has 1 atom stereocenters. The molecule has 0 heterocycles. The van der Waals surface area contributed by atoms with Gasteiger partial charge in [-0.1, -0.05) is 31.2 Å². The Morgan fingerprint density at radius 1 is 1.17 bits per heavy atom. The van der Waals surface area contributed by atoms with E-state index >= 15 is 0 Å². The van der Waals surface area contributed by atoms with Gasteiger partial charge in [0, 0.05) is 11.9 Å². The van der Waals surface area contributed by atoms with E-state index in [1.54, 1.807) is 14.0 Å². The van der Waals surface area contributed by atoms with Crippen LogP contribution in [0.2, 0.25) is 0 Å². The van der Waals surface area contributed by atoms with Crippen molar-refractivity contribution in [3.05, 3.63) is 42.0 Å². The van der Waals surface area contributed by atoms with Crippen LogP contribution in [-0.4, -0.2) is 13.1 Å². The number of fused-ring (bicyclic) bond motifs is 1. The van der Waals surface area contributed by atoms with Gasteiger partial charge in [-0.2, -0.15) is 0 Å². The fourth-order valence-corrected chi connectivity index (χ4v) is 1.77. The predicted molar refractivity (Wildman–Crippen MR) is 69.9 cm³/mol. The molecule has 1 unspecified atom stereocenters. The first-order valence-corrected chi connectivity index (χ1v) is 5.40. The second kappa shape index (κ2) is 5.51. The van der Waals surface area contributed by atoms with E-state index in [1.165, 1.54) is 0 Å². The summed E-state index contributed by atoms with van der Waals surface area (Å²) in [6.45, 7) is 1.63. The van der Waals surface area contributed by atoms with Crippen LogP contribution in [0.4, 0.5) is 0 Å². The van der Waals surface area contributed by atoms with Crippen LogP contribution in [-0.2, 0) is 4.79 Å². The number of carboxylic acids is 1. The highest BCUT2D eigenvalue weighted by molar-refractivity contribution is 5.86. The molecule has 2 rings (SSSR count). The molecule has 0 bridgehead atoms.